The Morgan fingerprint density at radius 2 is 2.11 bits per heavy atom. The Kier molecular flexibility index (Phi) is 6.66. The third kappa shape index (κ3) is 4.36. The van der Waals surface area contributed by atoms with Crippen LogP contribution in [0.15, 0.2) is 27.6 Å². The summed E-state index contributed by atoms with van der Waals surface area (Å²) in [6.07, 6.45) is 2.84. The fourth-order valence-corrected chi connectivity index (χ4v) is 4.15. The van der Waals surface area contributed by atoms with E-state index in [1.165, 1.54) is 16.4 Å². The highest BCUT2D eigenvalue weighted by Crippen LogP contribution is 2.27. The fraction of sp³-hybridized carbons (Fsp3) is 0.500. The number of sulfonamides is 1. The van der Waals surface area contributed by atoms with E-state index >= 15 is 0 Å². The molecule has 0 aliphatic rings. The third-order valence-electron chi connectivity index (χ3n) is 2.93. The van der Waals surface area contributed by atoms with Crippen LogP contribution >= 0.6 is 39.3 Å². The molecule has 108 valence electrons. The summed E-state index contributed by atoms with van der Waals surface area (Å²) in [6.45, 7) is 1.92. The van der Waals surface area contributed by atoms with E-state index in [-0.39, 0.29) is 10.9 Å². The van der Waals surface area contributed by atoms with E-state index in [9.17, 15) is 8.42 Å². The predicted molar refractivity (Wildman–Crippen MR) is 86.6 cm³/mol. The maximum absolute atomic E-state index is 12.5. The van der Waals surface area contributed by atoms with Gasteiger partial charge in [0.15, 0.2) is 0 Å². The van der Waals surface area contributed by atoms with Crippen molar-refractivity contribution in [2.24, 2.45) is 0 Å². The standard InChI is InChI=1S/C12H17BrClNO2S2/c1-9(6-7-18-3)15(2)19(16,17)10-4-5-12(14)11(13)8-10/h4-5,8-9H,6-7H2,1-3H3. The maximum Gasteiger partial charge on any atom is 0.243 e. The van der Waals surface area contributed by atoms with Gasteiger partial charge in [0, 0.05) is 17.6 Å². The van der Waals surface area contributed by atoms with Gasteiger partial charge in [0.05, 0.1) is 9.92 Å². The van der Waals surface area contributed by atoms with Gasteiger partial charge in [-0.3, -0.25) is 0 Å². The summed E-state index contributed by atoms with van der Waals surface area (Å²) in [6, 6.07) is 4.61. The van der Waals surface area contributed by atoms with E-state index in [0.717, 1.165) is 12.2 Å². The molecule has 0 saturated carbocycles. The lowest BCUT2D eigenvalue weighted by Crippen LogP contribution is -2.35. The first-order chi connectivity index (χ1) is 8.80. The van der Waals surface area contributed by atoms with Crippen molar-refractivity contribution < 1.29 is 8.42 Å². The molecular formula is C12H17BrClNO2S2. The minimum atomic E-state index is -3.47. The van der Waals surface area contributed by atoms with E-state index in [1.54, 1.807) is 24.9 Å². The summed E-state index contributed by atoms with van der Waals surface area (Å²) < 4.78 is 26.9. The summed E-state index contributed by atoms with van der Waals surface area (Å²) in [5.74, 6) is 0.936. The van der Waals surface area contributed by atoms with Crippen molar-refractivity contribution in [3.05, 3.63) is 27.7 Å². The first-order valence-electron chi connectivity index (χ1n) is 5.72. The van der Waals surface area contributed by atoms with Gasteiger partial charge in [0.25, 0.3) is 0 Å². The van der Waals surface area contributed by atoms with Crippen LogP contribution in [-0.2, 0) is 10.0 Å². The molecule has 0 fully saturated rings. The SMILES string of the molecule is CSCCC(C)N(C)S(=O)(=O)c1ccc(Cl)c(Br)c1. The molecule has 0 spiro atoms. The Morgan fingerprint density at radius 1 is 1.47 bits per heavy atom. The van der Waals surface area contributed by atoms with E-state index in [2.05, 4.69) is 15.9 Å². The van der Waals surface area contributed by atoms with Crippen LogP contribution in [0.4, 0.5) is 0 Å². The van der Waals surface area contributed by atoms with Crippen molar-refractivity contribution >= 4 is 49.3 Å². The molecule has 1 atom stereocenters. The lowest BCUT2D eigenvalue weighted by atomic mass is 10.3. The molecule has 19 heavy (non-hydrogen) atoms. The molecule has 1 aromatic rings. The molecule has 0 aliphatic carbocycles. The quantitative estimate of drug-likeness (QED) is 0.745. The minimum Gasteiger partial charge on any atom is -0.207 e. The number of rotatable bonds is 6. The first kappa shape index (κ1) is 17.3. The molecule has 7 heteroatoms. The second-order valence-corrected chi connectivity index (χ2v) is 8.47. The number of hydrogen-bond acceptors (Lipinski definition) is 3. The van der Waals surface area contributed by atoms with Gasteiger partial charge in [0.2, 0.25) is 10.0 Å². The van der Waals surface area contributed by atoms with E-state index in [1.807, 2.05) is 13.2 Å². The molecule has 0 bridgehead atoms. The molecule has 0 radical (unpaired) electrons. The average Bonchev–Trinajstić information content (AvgIpc) is 2.37. The molecule has 0 aromatic heterocycles. The lowest BCUT2D eigenvalue weighted by molar-refractivity contribution is 0.382. The Hall–Kier alpha value is 0.250. The van der Waals surface area contributed by atoms with Crippen LogP contribution in [0.1, 0.15) is 13.3 Å². The Labute approximate surface area is 132 Å². The molecule has 1 rings (SSSR count). The van der Waals surface area contributed by atoms with Gasteiger partial charge in [-0.15, -0.1) is 0 Å². The van der Waals surface area contributed by atoms with E-state index in [4.69, 9.17) is 11.6 Å². The van der Waals surface area contributed by atoms with Crippen LogP contribution in [0, 0.1) is 0 Å². The second-order valence-electron chi connectivity index (χ2n) is 4.23. The molecule has 0 saturated heterocycles. The maximum atomic E-state index is 12.5. The van der Waals surface area contributed by atoms with Crippen LogP contribution < -0.4 is 0 Å². The van der Waals surface area contributed by atoms with Gasteiger partial charge in [-0.2, -0.15) is 16.1 Å². The highest BCUT2D eigenvalue weighted by molar-refractivity contribution is 9.10. The number of benzene rings is 1. The zero-order chi connectivity index (χ0) is 14.6. The summed E-state index contributed by atoms with van der Waals surface area (Å²) in [5.41, 5.74) is 0. The molecule has 3 nitrogen and oxygen atoms in total. The summed E-state index contributed by atoms with van der Waals surface area (Å²) in [4.78, 5) is 0.252. The molecule has 0 heterocycles. The monoisotopic (exact) mass is 385 g/mol. The molecular weight excluding hydrogens is 370 g/mol. The number of nitrogens with zero attached hydrogens (tertiary/aromatic N) is 1. The van der Waals surface area contributed by atoms with Crippen LogP contribution in [0.2, 0.25) is 5.02 Å². The number of hydrogen-bond donors (Lipinski definition) is 0. The van der Waals surface area contributed by atoms with Crippen molar-refractivity contribution in [1.82, 2.24) is 4.31 Å². The van der Waals surface area contributed by atoms with Crippen molar-refractivity contribution in [3.63, 3.8) is 0 Å². The van der Waals surface area contributed by atoms with E-state index in [0.29, 0.717) is 9.50 Å². The van der Waals surface area contributed by atoms with Crippen LogP contribution in [0.3, 0.4) is 0 Å². The number of halogens is 2. The smallest absolute Gasteiger partial charge is 0.207 e. The Bertz CT molecular complexity index is 537. The first-order valence-corrected chi connectivity index (χ1v) is 9.73. The summed E-state index contributed by atoms with van der Waals surface area (Å²) in [5, 5.41) is 0.497. The van der Waals surface area contributed by atoms with Gasteiger partial charge in [0.1, 0.15) is 0 Å². The van der Waals surface area contributed by atoms with Crippen molar-refractivity contribution in [2.45, 2.75) is 24.3 Å². The zero-order valence-electron chi connectivity index (χ0n) is 11.1. The molecule has 0 amide bonds. The summed E-state index contributed by atoms with van der Waals surface area (Å²) in [7, 11) is -1.86. The molecule has 0 N–H and O–H groups in total. The molecule has 0 aliphatic heterocycles. The highest BCUT2D eigenvalue weighted by Gasteiger charge is 2.25. The van der Waals surface area contributed by atoms with Gasteiger partial charge in [-0.05, 0) is 59.5 Å². The lowest BCUT2D eigenvalue weighted by Gasteiger charge is -2.24. The van der Waals surface area contributed by atoms with E-state index < -0.39 is 10.0 Å². The average molecular weight is 387 g/mol. The normalized spacial score (nSPS) is 13.8. The fourth-order valence-electron chi connectivity index (χ4n) is 1.51. The number of thioether (sulfide) groups is 1. The largest absolute Gasteiger partial charge is 0.243 e. The summed E-state index contributed by atoms with van der Waals surface area (Å²) >= 11 is 10.8. The van der Waals surface area contributed by atoms with Crippen molar-refractivity contribution in [2.75, 3.05) is 19.1 Å². The van der Waals surface area contributed by atoms with Crippen LogP contribution in [-0.4, -0.2) is 37.8 Å². The van der Waals surface area contributed by atoms with Crippen molar-refractivity contribution in [1.29, 1.82) is 0 Å². The minimum absolute atomic E-state index is 0.0353. The Balaban J connectivity index is 2.99. The molecule has 1 unspecified atom stereocenters. The van der Waals surface area contributed by atoms with Gasteiger partial charge >= 0.3 is 0 Å². The predicted octanol–water partition coefficient (Wildman–Crippen LogP) is 3.86. The van der Waals surface area contributed by atoms with Crippen molar-refractivity contribution in [3.8, 4) is 0 Å². The Morgan fingerprint density at radius 3 is 2.63 bits per heavy atom. The van der Waals surface area contributed by atoms with Crippen LogP contribution in [0.5, 0.6) is 0 Å². The highest BCUT2D eigenvalue weighted by atomic mass is 79.9. The zero-order valence-corrected chi connectivity index (χ0v) is 15.0. The van der Waals surface area contributed by atoms with Gasteiger partial charge < -0.3 is 0 Å². The molecule has 1 aromatic carbocycles. The van der Waals surface area contributed by atoms with Gasteiger partial charge in [-0.25, -0.2) is 8.42 Å². The van der Waals surface area contributed by atoms with Gasteiger partial charge in [-0.1, -0.05) is 11.6 Å². The topological polar surface area (TPSA) is 37.4 Å². The van der Waals surface area contributed by atoms with Crippen LogP contribution in [0.25, 0.3) is 0 Å². The third-order valence-corrected chi connectivity index (χ3v) is 6.75. The second kappa shape index (κ2) is 7.31.